The van der Waals surface area contributed by atoms with Gasteiger partial charge in [-0.05, 0) is 63.5 Å². The lowest BCUT2D eigenvalue weighted by atomic mass is 9.91. The van der Waals surface area contributed by atoms with Gasteiger partial charge in [-0.2, -0.15) is 0 Å². The standard InChI is InChI=1S/C14H26O2Si/c1-4-15-17(3,16-5-2)9-8-14-11-12-6-7-13(14)10-12/h6-7,12-14H,4-5,8-11H2,1-3H3. The topological polar surface area (TPSA) is 18.5 Å². The average Bonchev–Trinajstić information content (AvgIpc) is 2.89. The predicted molar refractivity (Wildman–Crippen MR) is 73.1 cm³/mol. The van der Waals surface area contributed by atoms with E-state index in [1.807, 2.05) is 0 Å². The second kappa shape index (κ2) is 5.68. The fraction of sp³-hybridized carbons (Fsp3) is 0.857. The van der Waals surface area contributed by atoms with Crippen molar-refractivity contribution in [1.29, 1.82) is 0 Å². The zero-order valence-corrected chi connectivity index (χ0v) is 12.4. The van der Waals surface area contributed by atoms with Gasteiger partial charge in [-0.25, -0.2) is 0 Å². The summed E-state index contributed by atoms with van der Waals surface area (Å²) < 4.78 is 11.8. The third kappa shape index (κ3) is 3.21. The fourth-order valence-electron chi connectivity index (χ4n) is 3.47. The normalized spacial score (nSPS) is 31.4. The molecule has 0 saturated heterocycles. The van der Waals surface area contributed by atoms with Crippen LogP contribution in [0.5, 0.6) is 0 Å². The summed E-state index contributed by atoms with van der Waals surface area (Å²) in [5, 5.41) is 0. The zero-order valence-electron chi connectivity index (χ0n) is 11.4. The number of hydrogen-bond acceptors (Lipinski definition) is 2. The molecule has 3 atom stereocenters. The first-order valence-corrected chi connectivity index (χ1v) is 9.65. The van der Waals surface area contributed by atoms with Gasteiger partial charge in [0.05, 0.1) is 0 Å². The van der Waals surface area contributed by atoms with Crippen molar-refractivity contribution < 1.29 is 8.85 Å². The van der Waals surface area contributed by atoms with Crippen LogP contribution >= 0.6 is 0 Å². The lowest BCUT2D eigenvalue weighted by Crippen LogP contribution is -2.39. The molecular formula is C14H26O2Si. The van der Waals surface area contributed by atoms with Crippen LogP contribution in [0.1, 0.15) is 33.1 Å². The van der Waals surface area contributed by atoms with E-state index in [-0.39, 0.29) is 0 Å². The fourth-order valence-corrected chi connectivity index (χ4v) is 5.96. The van der Waals surface area contributed by atoms with Crippen molar-refractivity contribution in [3.05, 3.63) is 12.2 Å². The van der Waals surface area contributed by atoms with E-state index in [0.29, 0.717) is 0 Å². The zero-order chi connectivity index (χ0) is 12.3. The third-order valence-electron chi connectivity index (χ3n) is 4.28. The molecule has 3 heteroatoms. The Hall–Kier alpha value is -0.123. The molecule has 0 aromatic heterocycles. The lowest BCUT2D eigenvalue weighted by Gasteiger charge is -2.28. The molecule has 0 aliphatic heterocycles. The molecule has 0 aromatic carbocycles. The van der Waals surface area contributed by atoms with Crippen molar-refractivity contribution >= 4 is 8.56 Å². The van der Waals surface area contributed by atoms with E-state index in [2.05, 4.69) is 32.5 Å². The molecule has 3 unspecified atom stereocenters. The molecular weight excluding hydrogens is 228 g/mol. The summed E-state index contributed by atoms with van der Waals surface area (Å²) in [7, 11) is -1.87. The summed E-state index contributed by atoms with van der Waals surface area (Å²) >= 11 is 0. The third-order valence-corrected chi connectivity index (χ3v) is 7.28. The molecule has 0 spiro atoms. The Morgan fingerprint density at radius 3 is 2.29 bits per heavy atom. The lowest BCUT2D eigenvalue weighted by molar-refractivity contribution is 0.185. The maximum atomic E-state index is 5.91. The van der Waals surface area contributed by atoms with Crippen LogP contribution in [-0.4, -0.2) is 21.8 Å². The molecule has 2 aliphatic carbocycles. The highest BCUT2D eigenvalue weighted by Gasteiger charge is 2.38. The van der Waals surface area contributed by atoms with Crippen molar-refractivity contribution in [3.8, 4) is 0 Å². The van der Waals surface area contributed by atoms with Gasteiger partial charge >= 0.3 is 8.56 Å². The molecule has 1 saturated carbocycles. The molecule has 0 heterocycles. The van der Waals surface area contributed by atoms with Gasteiger partial charge in [-0.3, -0.25) is 0 Å². The SMILES string of the molecule is CCO[Si](C)(CCC1CC2C=CC1C2)OCC. The van der Waals surface area contributed by atoms with Crippen LogP contribution in [0.3, 0.4) is 0 Å². The van der Waals surface area contributed by atoms with Crippen molar-refractivity contribution in [3.63, 3.8) is 0 Å². The van der Waals surface area contributed by atoms with Crippen LogP contribution in [0, 0.1) is 17.8 Å². The summed E-state index contributed by atoms with van der Waals surface area (Å²) in [4.78, 5) is 0. The molecule has 0 amide bonds. The van der Waals surface area contributed by atoms with Crippen molar-refractivity contribution in [1.82, 2.24) is 0 Å². The first kappa shape index (κ1) is 13.3. The minimum absolute atomic E-state index is 0.791. The molecule has 98 valence electrons. The van der Waals surface area contributed by atoms with Gasteiger partial charge in [-0.1, -0.05) is 12.2 Å². The first-order valence-electron chi connectivity index (χ1n) is 7.13. The van der Waals surface area contributed by atoms with Crippen LogP contribution in [0.15, 0.2) is 12.2 Å². The number of hydrogen-bond donors (Lipinski definition) is 0. The minimum Gasteiger partial charge on any atom is -0.395 e. The Labute approximate surface area is 107 Å². The van der Waals surface area contributed by atoms with Crippen LogP contribution in [0.25, 0.3) is 0 Å². The summed E-state index contributed by atoms with van der Waals surface area (Å²) in [6.07, 6.45) is 8.98. The molecule has 2 rings (SSSR count). The van der Waals surface area contributed by atoms with Crippen LogP contribution in [-0.2, 0) is 8.85 Å². The molecule has 0 N–H and O–H groups in total. The van der Waals surface area contributed by atoms with E-state index in [0.717, 1.165) is 37.0 Å². The molecule has 2 aliphatic rings. The Bertz CT molecular complexity index is 271. The Morgan fingerprint density at radius 2 is 1.82 bits per heavy atom. The van der Waals surface area contributed by atoms with Crippen LogP contribution in [0.2, 0.25) is 12.6 Å². The summed E-state index contributed by atoms with van der Waals surface area (Å²) in [5.74, 6) is 2.65. The largest absolute Gasteiger partial charge is 0.395 e. The van der Waals surface area contributed by atoms with Gasteiger partial charge in [0.15, 0.2) is 0 Å². The average molecular weight is 254 g/mol. The van der Waals surface area contributed by atoms with E-state index in [1.165, 1.54) is 19.3 Å². The summed E-state index contributed by atoms with van der Waals surface area (Å²) in [6.45, 7) is 7.96. The maximum Gasteiger partial charge on any atom is 0.334 e. The van der Waals surface area contributed by atoms with Gasteiger partial charge in [0.25, 0.3) is 0 Å². The molecule has 2 bridgehead atoms. The van der Waals surface area contributed by atoms with Gasteiger partial charge < -0.3 is 8.85 Å². The molecule has 2 nitrogen and oxygen atoms in total. The Kier molecular flexibility index (Phi) is 4.45. The van der Waals surface area contributed by atoms with E-state index in [9.17, 15) is 0 Å². The van der Waals surface area contributed by atoms with E-state index in [1.54, 1.807) is 0 Å². The van der Waals surface area contributed by atoms with Gasteiger partial charge in [-0.15, -0.1) is 0 Å². The Balaban J connectivity index is 1.81. The van der Waals surface area contributed by atoms with Crippen molar-refractivity contribution in [2.45, 2.75) is 45.7 Å². The number of rotatable bonds is 7. The van der Waals surface area contributed by atoms with E-state index >= 15 is 0 Å². The Morgan fingerprint density at radius 1 is 1.12 bits per heavy atom. The summed E-state index contributed by atoms with van der Waals surface area (Å²) in [6, 6.07) is 1.16. The minimum atomic E-state index is -1.87. The van der Waals surface area contributed by atoms with Gasteiger partial charge in [0, 0.05) is 13.2 Å². The number of allylic oxidation sites excluding steroid dienone is 2. The second-order valence-corrected chi connectivity index (χ2v) is 8.92. The molecule has 1 fully saturated rings. The highest BCUT2D eigenvalue weighted by atomic mass is 28.4. The van der Waals surface area contributed by atoms with Gasteiger partial charge in [0.1, 0.15) is 0 Å². The molecule has 0 aromatic rings. The highest BCUT2D eigenvalue weighted by molar-refractivity contribution is 6.66. The monoisotopic (exact) mass is 254 g/mol. The highest BCUT2D eigenvalue weighted by Crippen LogP contribution is 2.46. The number of fused-ring (bicyclic) bond motifs is 2. The quantitative estimate of drug-likeness (QED) is 0.509. The van der Waals surface area contributed by atoms with E-state index < -0.39 is 8.56 Å². The maximum absolute atomic E-state index is 5.91. The smallest absolute Gasteiger partial charge is 0.334 e. The summed E-state index contributed by atoms with van der Waals surface area (Å²) in [5.41, 5.74) is 0. The van der Waals surface area contributed by atoms with Crippen molar-refractivity contribution in [2.24, 2.45) is 17.8 Å². The van der Waals surface area contributed by atoms with Crippen LogP contribution in [0.4, 0.5) is 0 Å². The van der Waals surface area contributed by atoms with Crippen molar-refractivity contribution in [2.75, 3.05) is 13.2 Å². The second-order valence-electron chi connectivity index (χ2n) is 5.58. The van der Waals surface area contributed by atoms with Gasteiger partial charge in [0.2, 0.25) is 0 Å². The molecule has 17 heavy (non-hydrogen) atoms. The van der Waals surface area contributed by atoms with E-state index in [4.69, 9.17) is 8.85 Å². The molecule has 0 radical (unpaired) electrons. The predicted octanol–water partition coefficient (Wildman–Crippen LogP) is 3.73. The first-order chi connectivity index (χ1) is 8.17. The van der Waals surface area contributed by atoms with Crippen LogP contribution < -0.4 is 0 Å².